The molecule has 0 fully saturated rings. The highest BCUT2D eigenvalue weighted by Crippen LogP contribution is 2.37. The molecule has 0 aliphatic rings. The van der Waals surface area contributed by atoms with Crippen LogP contribution in [-0.2, 0) is 0 Å². The molecule has 7 aromatic carbocycles. The van der Waals surface area contributed by atoms with Gasteiger partial charge in [0.2, 0.25) is 0 Å². The smallest absolute Gasteiger partial charge is 0.0973 e. The molecule has 0 spiro atoms. The molecule has 0 saturated heterocycles. The van der Waals surface area contributed by atoms with Crippen molar-refractivity contribution in [3.63, 3.8) is 0 Å². The van der Waals surface area contributed by atoms with E-state index < -0.39 is 0 Å². The van der Waals surface area contributed by atoms with Crippen LogP contribution in [0.2, 0.25) is 0 Å². The van der Waals surface area contributed by atoms with Crippen molar-refractivity contribution in [2.24, 2.45) is 0 Å². The van der Waals surface area contributed by atoms with Gasteiger partial charge in [-0.05, 0) is 65.0 Å². The van der Waals surface area contributed by atoms with Crippen LogP contribution in [0.25, 0.3) is 55.4 Å². The molecule has 0 atom stereocenters. The number of benzene rings is 7. The molecular weight excluding hydrogens is 546 g/mol. The van der Waals surface area contributed by atoms with Crippen molar-refractivity contribution in [2.45, 2.75) is 0 Å². The van der Waals surface area contributed by atoms with Crippen molar-refractivity contribution < 1.29 is 0 Å². The first-order valence-electron chi connectivity index (χ1n) is 15.2. The summed E-state index contributed by atoms with van der Waals surface area (Å²) in [6.07, 6.45) is 0. The third-order valence-corrected chi connectivity index (χ3v) is 8.23. The molecule has 45 heavy (non-hydrogen) atoms. The summed E-state index contributed by atoms with van der Waals surface area (Å²) in [6, 6.07) is 61.3. The predicted octanol–water partition coefficient (Wildman–Crippen LogP) is 11.3. The molecule has 0 aliphatic carbocycles. The third kappa shape index (κ3) is 5.11. The molecule has 1 heterocycles. The number of hydrogen-bond donors (Lipinski definition) is 0. The first-order chi connectivity index (χ1) is 22.3. The molecular formula is C42H29N3. The summed E-state index contributed by atoms with van der Waals surface area (Å²) in [6.45, 7) is 0. The maximum Gasteiger partial charge on any atom is 0.0973 e. The standard InChI is InChI=1S/C42H29N3/c1-5-13-31(14-6-1)40-41(32-15-7-2-8-16-32)44-42-38-27-23-33(29-34(38)24-28-39(42)43-40)30-21-25-37(26-22-30)45(35-17-9-3-10-18-35)36-19-11-4-12-20-36/h1-29H. The highest BCUT2D eigenvalue weighted by molar-refractivity contribution is 6.06. The molecule has 0 amide bonds. The lowest BCUT2D eigenvalue weighted by Crippen LogP contribution is -2.09. The molecule has 1 aromatic heterocycles. The van der Waals surface area contributed by atoms with E-state index in [4.69, 9.17) is 9.97 Å². The maximum atomic E-state index is 5.27. The molecule has 0 radical (unpaired) electrons. The van der Waals surface area contributed by atoms with Crippen molar-refractivity contribution in [1.29, 1.82) is 0 Å². The van der Waals surface area contributed by atoms with Gasteiger partial charge in [0.25, 0.3) is 0 Å². The van der Waals surface area contributed by atoms with Gasteiger partial charge < -0.3 is 4.90 Å². The Morgan fingerprint density at radius 2 is 0.844 bits per heavy atom. The van der Waals surface area contributed by atoms with Gasteiger partial charge in [-0.15, -0.1) is 0 Å². The zero-order valence-electron chi connectivity index (χ0n) is 24.6. The van der Waals surface area contributed by atoms with Crippen LogP contribution in [0.1, 0.15) is 0 Å². The van der Waals surface area contributed by atoms with Gasteiger partial charge in [-0.2, -0.15) is 0 Å². The van der Waals surface area contributed by atoms with Gasteiger partial charge >= 0.3 is 0 Å². The van der Waals surface area contributed by atoms with E-state index in [0.717, 1.165) is 72.5 Å². The minimum Gasteiger partial charge on any atom is -0.311 e. The Labute approximate surface area is 262 Å². The molecule has 8 aromatic rings. The Morgan fingerprint density at radius 1 is 0.356 bits per heavy atom. The summed E-state index contributed by atoms with van der Waals surface area (Å²) in [7, 11) is 0. The van der Waals surface area contributed by atoms with Crippen LogP contribution in [0.5, 0.6) is 0 Å². The van der Waals surface area contributed by atoms with Crippen LogP contribution >= 0.6 is 0 Å². The van der Waals surface area contributed by atoms with Crippen molar-refractivity contribution in [2.75, 3.05) is 4.90 Å². The molecule has 0 bridgehead atoms. The van der Waals surface area contributed by atoms with E-state index in [1.165, 1.54) is 0 Å². The number of hydrogen-bond acceptors (Lipinski definition) is 3. The average Bonchev–Trinajstić information content (AvgIpc) is 3.13. The molecule has 3 nitrogen and oxygen atoms in total. The number of fused-ring (bicyclic) bond motifs is 3. The number of para-hydroxylation sites is 2. The Bertz CT molecular complexity index is 2190. The molecule has 8 rings (SSSR count). The van der Waals surface area contributed by atoms with Crippen molar-refractivity contribution in [3.8, 4) is 33.6 Å². The first-order valence-corrected chi connectivity index (χ1v) is 15.2. The summed E-state index contributed by atoms with van der Waals surface area (Å²) in [5.41, 5.74) is 11.4. The molecule has 0 N–H and O–H groups in total. The summed E-state index contributed by atoms with van der Waals surface area (Å²) in [5.74, 6) is 0. The van der Waals surface area contributed by atoms with Gasteiger partial charge in [0, 0.05) is 33.6 Å². The van der Waals surface area contributed by atoms with E-state index in [-0.39, 0.29) is 0 Å². The molecule has 0 unspecified atom stereocenters. The molecule has 3 heteroatoms. The van der Waals surface area contributed by atoms with Crippen molar-refractivity contribution in [1.82, 2.24) is 9.97 Å². The number of nitrogens with zero attached hydrogens (tertiary/aromatic N) is 3. The lowest BCUT2D eigenvalue weighted by atomic mass is 9.99. The predicted molar refractivity (Wildman–Crippen MR) is 188 cm³/mol. The van der Waals surface area contributed by atoms with E-state index in [1.54, 1.807) is 0 Å². The van der Waals surface area contributed by atoms with Gasteiger partial charge in [0.15, 0.2) is 0 Å². The average molecular weight is 576 g/mol. The Morgan fingerprint density at radius 3 is 1.42 bits per heavy atom. The normalized spacial score (nSPS) is 11.1. The highest BCUT2D eigenvalue weighted by Gasteiger charge is 2.16. The van der Waals surface area contributed by atoms with Crippen LogP contribution in [-0.4, -0.2) is 9.97 Å². The topological polar surface area (TPSA) is 29.0 Å². The van der Waals surface area contributed by atoms with Crippen LogP contribution in [0, 0.1) is 0 Å². The van der Waals surface area contributed by atoms with Gasteiger partial charge in [0.05, 0.1) is 22.4 Å². The second kappa shape index (κ2) is 11.6. The quantitative estimate of drug-likeness (QED) is 0.185. The van der Waals surface area contributed by atoms with Gasteiger partial charge in [-0.3, -0.25) is 0 Å². The highest BCUT2D eigenvalue weighted by atomic mass is 15.1. The lowest BCUT2D eigenvalue weighted by molar-refractivity contribution is 1.28. The number of aromatic nitrogens is 2. The monoisotopic (exact) mass is 575 g/mol. The fourth-order valence-corrected chi connectivity index (χ4v) is 6.03. The molecule has 212 valence electrons. The fraction of sp³-hybridized carbons (Fsp3) is 0. The molecule has 0 aliphatic heterocycles. The van der Waals surface area contributed by atoms with E-state index >= 15 is 0 Å². The zero-order valence-corrected chi connectivity index (χ0v) is 24.6. The largest absolute Gasteiger partial charge is 0.311 e. The Kier molecular flexibility index (Phi) is 6.82. The van der Waals surface area contributed by atoms with E-state index in [1.807, 2.05) is 24.3 Å². The van der Waals surface area contributed by atoms with Gasteiger partial charge in [-0.25, -0.2) is 9.97 Å². The SMILES string of the molecule is c1ccc(-c2nc3ccc4cc(-c5ccc(N(c6ccccc6)c6ccccc6)cc5)ccc4c3nc2-c2ccccc2)cc1. The Balaban J connectivity index is 1.20. The van der Waals surface area contributed by atoms with Crippen LogP contribution in [0.3, 0.4) is 0 Å². The minimum absolute atomic E-state index is 0.889. The fourth-order valence-electron chi connectivity index (χ4n) is 6.03. The van der Waals surface area contributed by atoms with Crippen molar-refractivity contribution >= 4 is 38.9 Å². The first kappa shape index (κ1) is 26.6. The second-order valence-corrected chi connectivity index (χ2v) is 11.1. The summed E-state index contributed by atoms with van der Waals surface area (Å²) >= 11 is 0. The number of rotatable bonds is 6. The molecule has 0 saturated carbocycles. The van der Waals surface area contributed by atoms with Gasteiger partial charge in [-0.1, -0.05) is 127 Å². The van der Waals surface area contributed by atoms with Crippen molar-refractivity contribution in [3.05, 3.63) is 176 Å². The van der Waals surface area contributed by atoms with Crippen LogP contribution < -0.4 is 4.90 Å². The second-order valence-electron chi connectivity index (χ2n) is 11.1. The third-order valence-electron chi connectivity index (χ3n) is 8.23. The van der Waals surface area contributed by atoms with Gasteiger partial charge in [0.1, 0.15) is 0 Å². The van der Waals surface area contributed by atoms with Crippen LogP contribution in [0.15, 0.2) is 176 Å². The zero-order chi connectivity index (χ0) is 30.0. The maximum absolute atomic E-state index is 5.27. The summed E-state index contributed by atoms with van der Waals surface area (Å²) in [4.78, 5) is 12.7. The minimum atomic E-state index is 0.889. The number of anilines is 3. The van der Waals surface area contributed by atoms with E-state index in [2.05, 4.69) is 157 Å². The lowest BCUT2D eigenvalue weighted by Gasteiger charge is -2.25. The van der Waals surface area contributed by atoms with Crippen LogP contribution in [0.4, 0.5) is 17.1 Å². The van der Waals surface area contributed by atoms with E-state index in [0.29, 0.717) is 0 Å². The summed E-state index contributed by atoms with van der Waals surface area (Å²) in [5, 5.41) is 2.23. The van der Waals surface area contributed by atoms with E-state index in [9.17, 15) is 0 Å². The Hall–Kier alpha value is -6.06. The summed E-state index contributed by atoms with van der Waals surface area (Å²) < 4.78 is 0.